The Morgan fingerprint density at radius 1 is 1.27 bits per heavy atom. The first-order chi connectivity index (χ1) is 12.3. The number of hydrogen-bond donors (Lipinski definition) is 1. The topological polar surface area (TPSA) is 71.1 Å². The van der Waals surface area contributed by atoms with Crippen LogP contribution in [-0.4, -0.2) is 80.7 Å². The number of ether oxygens (including phenoxy) is 2. The molecule has 2 amide bonds. The van der Waals surface area contributed by atoms with E-state index in [1.807, 2.05) is 0 Å². The van der Waals surface area contributed by atoms with Crippen molar-refractivity contribution in [3.8, 4) is 5.75 Å². The van der Waals surface area contributed by atoms with Gasteiger partial charge in [-0.25, -0.2) is 0 Å². The predicted octanol–water partition coefficient (Wildman–Crippen LogP) is 0.994. The molecule has 0 atom stereocenters. The maximum absolute atomic E-state index is 12.5. The van der Waals surface area contributed by atoms with Crippen LogP contribution in [0.3, 0.4) is 0 Å². The van der Waals surface area contributed by atoms with E-state index in [0.29, 0.717) is 17.9 Å². The van der Waals surface area contributed by atoms with E-state index in [-0.39, 0.29) is 24.0 Å². The first kappa shape index (κ1) is 20.2. The van der Waals surface area contributed by atoms with Gasteiger partial charge in [0.1, 0.15) is 5.75 Å². The highest BCUT2D eigenvalue weighted by Crippen LogP contribution is 2.17. The number of likely N-dealkylation sites (N-methyl/N-ethyl adjacent to an activating group) is 1. The van der Waals surface area contributed by atoms with Crippen LogP contribution in [0.4, 0.5) is 0 Å². The molecule has 1 aliphatic rings. The van der Waals surface area contributed by atoms with Gasteiger partial charge in [0.2, 0.25) is 0 Å². The molecule has 1 N–H and O–H groups in total. The van der Waals surface area contributed by atoms with Gasteiger partial charge in [-0.05, 0) is 32.0 Å². The maximum Gasteiger partial charge on any atom is 0.259 e. The van der Waals surface area contributed by atoms with Crippen molar-refractivity contribution >= 4 is 11.8 Å². The zero-order chi connectivity index (χ0) is 19.2. The monoisotopic (exact) mass is 363 g/mol. The number of benzene rings is 1. The molecule has 0 aliphatic carbocycles. The summed E-state index contributed by atoms with van der Waals surface area (Å²) in [6, 6.07) is 6.87. The van der Waals surface area contributed by atoms with Crippen molar-refractivity contribution in [3.63, 3.8) is 0 Å². The molecule has 7 heteroatoms. The Morgan fingerprint density at radius 3 is 2.62 bits per heavy atom. The number of rotatable bonds is 7. The summed E-state index contributed by atoms with van der Waals surface area (Å²) in [7, 11) is 3.34. The molecule has 144 valence electrons. The second kappa shape index (κ2) is 9.00. The quantitative estimate of drug-likeness (QED) is 0.782. The molecule has 1 aliphatic heterocycles. The summed E-state index contributed by atoms with van der Waals surface area (Å²) in [5.41, 5.74) is 0.365. The van der Waals surface area contributed by atoms with Gasteiger partial charge < -0.3 is 19.7 Å². The number of morpholine rings is 1. The molecular weight excluding hydrogens is 334 g/mol. The van der Waals surface area contributed by atoms with Crippen LogP contribution >= 0.6 is 0 Å². The summed E-state index contributed by atoms with van der Waals surface area (Å²) in [6.45, 7) is 7.90. The number of nitrogens with zero attached hydrogens (tertiary/aromatic N) is 2. The van der Waals surface area contributed by atoms with E-state index in [4.69, 9.17) is 9.47 Å². The summed E-state index contributed by atoms with van der Waals surface area (Å²) in [5.74, 6) is 0.211. The normalized spacial score (nSPS) is 15.4. The lowest BCUT2D eigenvalue weighted by Crippen LogP contribution is -2.55. The SMILES string of the molecule is CN(C)C(=O)COc1cccc(C(=O)NCC(C)(C)N2CCOCC2)c1. The Labute approximate surface area is 155 Å². The van der Waals surface area contributed by atoms with Crippen LogP contribution in [0.25, 0.3) is 0 Å². The largest absolute Gasteiger partial charge is 0.484 e. The fourth-order valence-electron chi connectivity index (χ4n) is 2.68. The third-order valence-corrected chi connectivity index (χ3v) is 4.51. The first-order valence-electron chi connectivity index (χ1n) is 8.83. The van der Waals surface area contributed by atoms with E-state index in [2.05, 4.69) is 24.1 Å². The number of hydrogen-bond acceptors (Lipinski definition) is 5. The molecule has 0 saturated carbocycles. The van der Waals surface area contributed by atoms with Gasteiger partial charge in [0.25, 0.3) is 11.8 Å². The van der Waals surface area contributed by atoms with Crippen molar-refractivity contribution in [2.45, 2.75) is 19.4 Å². The number of nitrogens with one attached hydrogen (secondary N) is 1. The molecule has 1 heterocycles. The van der Waals surface area contributed by atoms with Crippen molar-refractivity contribution in [2.75, 3.05) is 53.6 Å². The molecule has 1 fully saturated rings. The fraction of sp³-hybridized carbons (Fsp3) is 0.579. The van der Waals surface area contributed by atoms with Crippen molar-refractivity contribution in [1.29, 1.82) is 0 Å². The minimum atomic E-state index is -0.157. The second-order valence-electron chi connectivity index (χ2n) is 7.20. The summed E-state index contributed by atoms with van der Waals surface area (Å²) in [5, 5.41) is 2.99. The third kappa shape index (κ3) is 5.71. The van der Waals surface area contributed by atoms with Gasteiger partial charge in [-0.1, -0.05) is 6.07 Å². The molecule has 2 rings (SSSR count). The minimum Gasteiger partial charge on any atom is -0.484 e. The Bertz CT molecular complexity index is 625. The van der Waals surface area contributed by atoms with E-state index in [0.717, 1.165) is 26.3 Å². The Kier molecular flexibility index (Phi) is 6.99. The Balaban J connectivity index is 1.90. The highest BCUT2D eigenvalue weighted by atomic mass is 16.5. The van der Waals surface area contributed by atoms with Gasteiger partial charge in [-0.3, -0.25) is 14.5 Å². The van der Waals surface area contributed by atoms with Gasteiger partial charge in [0.15, 0.2) is 6.61 Å². The average Bonchev–Trinajstić information content (AvgIpc) is 2.65. The van der Waals surface area contributed by atoms with Gasteiger partial charge in [0, 0.05) is 44.8 Å². The minimum absolute atomic E-state index is 0.0534. The highest BCUT2D eigenvalue weighted by molar-refractivity contribution is 5.94. The maximum atomic E-state index is 12.5. The van der Waals surface area contributed by atoms with E-state index in [1.54, 1.807) is 38.4 Å². The zero-order valence-corrected chi connectivity index (χ0v) is 16.1. The van der Waals surface area contributed by atoms with E-state index >= 15 is 0 Å². The van der Waals surface area contributed by atoms with Crippen LogP contribution in [0.15, 0.2) is 24.3 Å². The highest BCUT2D eigenvalue weighted by Gasteiger charge is 2.28. The molecule has 1 aromatic carbocycles. The van der Waals surface area contributed by atoms with Crippen LogP contribution in [0.5, 0.6) is 5.75 Å². The predicted molar refractivity (Wildman–Crippen MR) is 99.4 cm³/mol. The average molecular weight is 363 g/mol. The standard InChI is InChI=1S/C19H29N3O4/c1-19(2,22-8-10-25-11-9-22)14-20-18(24)15-6-5-7-16(12-15)26-13-17(23)21(3)4/h5-7,12H,8-11,13-14H2,1-4H3,(H,20,24). The summed E-state index contributed by atoms with van der Waals surface area (Å²) in [6.07, 6.45) is 0. The fourth-order valence-corrected chi connectivity index (χ4v) is 2.68. The molecule has 0 bridgehead atoms. The van der Waals surface area contributed by atoms with Gasteiger partial charge in [-0.15, -0.1) is 0 Å². The molecular formula is C19H29N3O4. The van der Waals surface area contributed by atoms with Crippen LogP contribution in [0.2, 0.25) is 0 Å². The van der Waals surface area contributed by atoms with Gasteiger partial charge in [-0.2, -0.15) is 0 Å². The number of carbonyl (C=O) groups is 2. The molecule has 0 aromatic heterocycles. The summed E-state index contributed by atoms with van der Waals surface area (Å²) >= 11 is 0. The van der Waals surface area contributed by atoms with E-state index in [1.165, 1.54) is 4.90 Å². The van der Waals surface area contributed by atoms with Crippen LogP contribution < -0.4 is 10.1 Å². The van der Waals surface area contributed by atoms with E-state index in [9.17, 15) is 9.59 Å². The van der Waals surface area contributed by atoms with Gasteiger partial charge in [0.05, 0.1) is 13.2 Å². The number of carbonyl (C=O) groups excluding carboxylic acids is 2. The first-order valence-corrected chi connectivity index (χ1v) is 8.83. The smallest absolute Gasteiger partial charge is 0.259 e. The van der Waals surface area contributed by atoms with Crippen LogP contribution in [0, 0.1) is 0 Å². The number of amides is 2. The lowest BCUT2D eigenvalue weighted by Gasteiger charge is -2.40. The lowest BCUT2D eigenvalue weighted by molar-refractivity contribution is -0.130. The van der Waals surface area contributed by atoms with Gasteiger partial charge >= 0.3 is 0 Å². The van der Waals surface area contributed by atoms with Crippen LogP contribution in [-0.2, 0) is 9.53 Å². The molecule has 0 spiro atoms. The lowest BCUT2D eigenvalue weighted by atomic mass is 10.0. The van der Waals surface area contributed by atoms with Crippen molar-refractivity contribution in [2.24, 2.45) is 0 Å². The van der Waals surface area contributed by atoms with Crippen molar-refractivity contribution in [1.82, 2.24) is 15.1 Å². The molecule has 7 nitrogen and oxygen atoms in total. The third-order valence-electron chi connectivity index (χ3n) is 4.51. The Morgan fingerprint density at radius 2 is 1.96 bits per heavy atom. The van der Waals surface area contributed by atoms with Crippen LogP contribution in [0.1, 0.15) is 24.2 Å². The second-order valence-corrected chi connectivity index (χ2v) is 7.20. The molecule has 1 saturated heterocycles. The van der Waals surface area contributed by atoms with Crippen molar-refractivity contribution in [3.05, 3.63) is 29.8 Å². The molecule has 26 heavy (non-hydrogen) atoms. The summed E-state index contributed by atoms with van der Waals surface area (Å²) < 4.78 is 10.9. The van der Waals surface area contributed by atoms with E-state index < -0.39 is 0 Å². The summed E-state index contributed by atoms with van der Waals surface area (Å²) in [4.78, 5) is 27.9. The molecule has 0 unspecified atom stereocenters. The molecule has 1 aromatic rings. The zero-order valence-electron chi connectivity index (χ0n) is 16.1. The Hall–Kier alpha value is -2.12. The van der Waals surface area contributed by atoms with Crippen molar-refractivity contribution < 1.29 is 19.1 Å². The molecule has 0 radical (unpaired) electrons.